The van der Waals surface area contributed by atoms with Crippen LogP contribution in [0.3, 0.4) is 0 Å². The number of pyridine rings is 2. The molecule has 0 aliphatic heterocycles. The van der Waals surface area contributed by atoms with E-state index in [0.717, 1.165) is 11.4 Å². The highest BCUT2D eigenvalue weighted by Crippen LogP contribution is 2.15. The maximum Gasteiger partial charge on any atom is 0.0455 e. The Morgan fingerprint density at radius 1 is 1.25 bits per heavy atom. The van der Waals surface area contributed by atoms with E-state index in [2.05, 4.69) is 16.0 Å². The standard InChI is InChI=1S/C10H10N2/c1-7-5-9-6-11-4-3-10(9)8(2)12-7/h3-6H,1-2H3. The molecule has 0 atom stereocenters. The van der Waals surface area contributed by atoms with Gasteiger partial charge in [-0.1, -0.05) is 0 Å². The van der Waals surface area contributed by atoms with Crippen LogP contribution in [0.25, 0.3) is 10.8 Å². The summed E-state index contributed by atoms with van der Waals surface area (Å²) in [6.45, 7) is 4.02. The summed E-state index contributed by atoms with van der Waals surface area (Å²) in [6, 6.07) is 4.05. The first-order chi connectivity index (χ1) is 5.77. The van der Waals surface area contributed by atoms with Gasteiger partial charge >= 0.3 is 0 Å². The number of aromatic nitrogens is 2. The van der Waals surface area contributed by atoms with E-state index < -0.39 is 0 Å². The Hall–Kier alpha value is -1.44. The lowest BCUT2D eigenvalue weighted by Crippen LogP contribution is -1.87. The Bertz CT molecular complexity index is 421. The molecule has 60 valence electrons. The van der Waals surface area contributed by atoms with E-state index in [1.54, 1.807) is 6.20 Å². The Labute approximate surface area is 71.3 Å². The van der Waals surface area contributed by atoms with Crippen molar-refractivity contribution in [1.82, 2.24) is 9.97 Å². The van der Waals surface area contributed by atoms with E-state index in [1.807, 2.05) is 26.1 Å². The van der Waals surface area contributed by atoms with E-state index in [0.29, 0.717) is 0 Å². The highest BCUT2D eigenvalue weighted by Gasteiger charge is 1.97. The third-order valence-corrected chi connectivity index (χ3v) is 1.95. The molecule has 0 aromatic carbocycles. The molecule has 2 heterocycles. The van der Waals surface area contributed by atoms with Gasteiger partial charge in [0.15, 0.2) is 0 Å². The van der Waals surface area contributed by atoms with Crippen LogP contribution in [-0.2, 0) is 0 Å². The second-order valence-electron chi connectivity index (χ2n) is 2.95. The fourth-order valence-corrected chi connectivity index (χ4v) is 1.43. The number of hydrogen-bond donors (Lipinski definition) is 0. The van der Waals surface area contributed by atoms with E-state index in [1.165, 1.54) is 10.8 Å². The SMILES string of the molecule is Cc1cc2cnccc2c(C)n1. The summed E-state index contributed by atoms with van der Waals surface area (Å²) < 4.78 is 0. The van der Waals surface area contributed by atoms with Crippen molar-refractivity contribution in [2.24, 2.45) is 0 Å². The second kappa shape index (κ2) is 2.55. The monoisotopic (exact) mass is 158 g/mol. The Kier molecular flexibility index (Phi) is 1.54. The average molecular weight is 158 g/mol. The van der Waals surface area contributed by atoms with Gasteiger partial charge in [0.1, 0.15) is 0 Å². The van der Waals surface area contributed by atoms with E-state index in [9.17, 15) is 0 Å². The highest BCUT2D eigenvalue weighted by molar-refractivity contribution is 5.83. The lowest BCUT2D eigenvalue weighted by Gasteiger charge is -2.01. The zero-order valence-corrected chi connectivity index (χ0v) is 7.20. The van der Waals surface area contributed by atoms with Crippen molar-refractivity contribution in [2.45, 2.75) is 13.8 Å². The third-order valence-electron chi connectivity index (χ3n) is 1.95. The molecule has 2 heteroatoms. The molecule has 0 saturated carbocycles. The summed E-state index contributed by atoms with van der Waals surface area (Å²) in [6.07, 6.45) is 3.67. The van der Waals surface area contributed by atoms with Crippen molar-refractivity contribution in [3.63, 3.8) is 0 Å². The van der Waals surface area contributed by atoms with Crippen molar-refractivity contribution in [3.8, 4) is 0 Å². The summed E-state index contributed by atoms with van der Waals surface area (Å²) in [5.74, 6) is 0. The first-order valence-electron chi connectivity index (χ1n) is 3.95. The minimum absolute atomic E-state index is 1.05. The maximum absolute atomic E-state index is 4.37. The Morgan fingerprint density at radius 2 is 2.08 bits per heavy atom. The van der Waals surface area contributed by atoms with Gasteiger partial charge in [0.2, 0.25) is 0 Å². The zero-order chi connectivity index (χ0) is 8.55. The van der Waals surface area contributed by atoms with Crippen LogP contribution < -0.4 is 0 Å². The van der Waals surface area contributed by atoms with E-state index in [-0.39, 0.29) is 0 Å². The zero-order valence-electron chi connectivity index (χ0n) is 7.20. The van der Waals surface area contributed by atoms with Gasteiger partial charge in [-0.05, 0) is 26.0 Å². The Morgan fingerprint density at radius 3 is 2.92 bits per heavy atom. The summed E-state index contributed by atoms with van der Waals surface area (Å²) in [5.41, 5.74) is 2.13. The van der Waals surface area contributed by atoms with Crippen molar-refractivity contribution >= 4 is 10.8 Å². The van der Waals surface area contributed by atoms with Crippen molar-refractivity contribution < 1.29 is 0 Å². The van der Waals surface area contributed by atoms with Crippen LogP contribution in [0.2, 0.25) is 0 Å². The largest absolute Gasteiger partial charge is 0.264 e. The van der Waals surface area contributed by atoms with Crippen LogP contribution in [0, 0.1) is 13.8 Å². The van der Waals surface area contributed by atoms with Gasteiger partial charge in [-0.2, -0.15) is 0 Å². The molecule has 2 aromatic rings. The van der Waals surface area contributed by atoms with Crippen LogP contribution >= 0.6 is 0 Å². The molecule has 0 unspecified atom stereocenters. The topological polar surface area (TPSA) is 25.8 Å². The molecule has 2 aromatic heterocycles. The van der Waals surface area contributed by atoms with Crippen LogP contribution in [-0.4, -0.2) is 9.97 Å². The van der Waals surface area contributed by atoms with E-state index in [4.69, 9.17) is 0 Å². The number of hydrogen-bond acceptors (Lipinski definition) is 2. The molecule has 0 fully saturated rings. The molecule has 2 nitrogen and oxygen atoms in total. The van der Waals surface area contributed by atoms with Crippen molar-refractivity contribution in [3.05, 3.63) is 35.9 Å². The second-order valence-corrected chi connectivity index (χ2v) is 2.95. The van der Waals surface area contributed by atoms with Gasteiger partial charge in [0.25, 0.3) is 0 Å². The quantitative estimate of drug-likeness (QED) is 0.587. The maximum atomic E-state index is 4.37. The molecule has 12 heavy (non-hydrogen) atoms. The van der Waals surface area contributed by atoms with Gasteiger partial charge in [-0.15, -0.1) is 0 Å². The minimum Gasteiger partial charge on any atom is -0.264 e. The molecule has 0 aliphatic carbocycles. The summed E-state index contributed by atoms with van der Waals surface area (Å²) in [7, 11) is 0. The lowest BCUT2D eigenvalue weighted by atomic mass is 10.1. The van der Waals surface area contributed by atoms with Gasteiger partial charge in [-0.25, -0.2) is 0 Å². The normalized spacial score (nSPS) is 10.5. The molecular formula is C10H10N2. The number of aryl methyl sites for hydroxylation is 2. The predicted molar refractivity (Wildman–Crippen MR) is 49.0 cm³/mol. The molecular weight excluding hydrogens is 148 g/mol. The first-order valence-corrected chi connectivity index (χ1v) is 3.95. The molecule has 0 bridgehead atoms. The van der Waals surface area contributed by atoms with Gasteiger partial charge < -0.3 is 0 Å². The van der Waals surface area contributed by atoms with Gasteiger partial charge in [0, 0.05) is 34.6 Å². The van der Waals surface area contributed by atoms with E-state index >= 15 is 0 Å². The summed E-state index contributed by atoms with van der Waals surface area (Å²) in [4.78, 5) is 8.44. The smallest absolute Gasteiger partial charge is 0.0455 e. The third kappa shape index (κ3) is 1.05. The molecule has 0 N–H and O–H groups in total. The predicted octanol–water partition coefficient (Wildman–Crippen LogP) is 2.25. The van der Waals surface area contributed by atoms with Crippen molar-refractivity contribution in [1.29, 1.82) is 0 Å². The lowest BCUT2D eigenvalue weighted by molar-refractivity contribution is 1.14. The number of rotatable bonds is 0. The molecule has 2 rings (SSSR count). The average Bonchev–Trinajstić information content (AvgIpc) is 2.04. The molecule has 0 saturated heterocycles. The molecule has 0 radical (unpaired) electrons. The fourth-order valence-electron chi connectivity index (χ4n) is 1.43. The molecule has 0 spiro atoms. The van der Waals surface area contributed by atoms with Gasteiger partial charge in [-0.3, -0.25) is 9.97 Å². The summed E-state index contributed by atoms with van der Waals surface area (Å²) in [5, 5.41) is 2.36. The highest BCUT2D eigenvalue weighted by atomic mass is 14.7. The van der Waals surface area contributed by atoms with Gasteiger partial charge in [0.05, 0.1) is 0 Å². The first kappa shape index (κ1) is 7.22. The molecule has 0 amide bonds. The fraction of sp³-hybridized carbons (Fsp3) is 0.200. The van der Waals surface area contributed by atoms with Crippen LogP contribution in [0.1, 0.15) is 11.4 Å². The van der Waals surface area contributed by atoms with Crippen LogP contribution in [0.15, 0.2) is 24.5 Å². The van der Waals surface area contributed by atoms with Crippen LogP contribution in [0.5, 0.6) is 0 Å². The number of fused-ring (bicyclic) bond motifs is 1. The number of nitrogens with zero attached hydrogens (tertiary/aromatic N) is 2. The van der Waals surface area contributed by atoms with Crippen molar-refractivity contribution in [2.75, 3.05) is 0 Å². The van der Waals surface area contributed by atoms with Crippen LogP contribution in [0.4, 0.5) is 0 Å². The molecule has 0 aliphatic rings. The summed E-state index contributed by atoms with van der Waals surface area (Å²) >= 11 is 0. The Balaban J connectivity index is 2.89. The minimum atomic E-state index is 1.05.